The minimum atomic E-state index is -4.91. The van der Waals surface area contributed by atoms with Gasteiger partial charge >= 0.3 is 0 Å². The Hall–Kier alpha value is 23.4. The van der Waals surface area contributed by atoms with E-state index in [-0.39, 0.29) is 0 Å². The molecule has 0 saturated carbocycles. The molecule has 53 heteroatoms. The zero-order chi connectivity index (χ0) is 64.5. The van der Waals surface area contributed by atoms with Crippen LogP contribution in [0.15, 0.2) is 0 Å². The number of hydrogen-bond donors (Lipinski definition) is 1. The molecule has 0 aromatic rings. The van der Waals surface area contributed by atoms with Crippen LogP contribution in [0.1, 0.15) is 0 Å². The van der Waals surface area contributed by atoms with Gasteiger partial charge in [0.05, 0.1) is 0 Å². The van der Waals surface area contributed by atoms with Crippen LogP contribution in [0.2, 0.25) is 0 Å². The van der Waals surface area contributed by atoms with Gasteiger partial charge in [0.2, 0.25) is 2.57 Å². The fourth-order valence-corrected chi connectivity index (χ4v) is 56.8. The van der Waals surface area contributed by atoms with Crippen LogP contribution in [0, 0.1) is 0 Å². The first-order valence-electron chi connectivity index (χ1n) is 15.7. The van der Waals surface area contributed by atoms with Gasteiger partial charge in [0.25, 0.3) is 10.1 Å². The molecule has 0 radical (unpaired) electrons. The van der Waals surface area contributed by atoms with Crippen molar-refractivity contribution in [1.29, 1.82) is 0 Å². The van der Waals surface area contributed by atoms with Crippen molar-refractivity contribution in [3.8, 4) is 0 Å². The highest BCUT2D eigenvalue weighted by Gasteiger charge is 2.87. The lowest BCUT2D eigenvalue weighted by molar-refractivity contribution is 0.470. The lowest BCUT2D eigenvalue weighted by Crippen LogP contribution is -2.75. The van der Waals surface area contributed by atoms with E-state index in [4.69, 9.17) is 0 Å². The monoisotopic (exact) mass is 4240 g/mol. The molecule has 0 aliphatic heterocycles. The van der Waals surface area contributed by atoms with Gasteiger partial charge in [0.15, 0.2) is 2.14 Å². The molecule has 0 spiro atoms. The second-order valence-corrected chi connectivity index (χ2v) is 103. The van der Waals surface area contributed by atoms with Crippen molar-refractivity contribution in [2.24, 2.45) is 0 Å². The van der Waals surface area contributed by atoms with Crippen molar-refractivity contribution in [2.45, 2.75) is 75.8 Å². The molecular formula is C24HBr49O3S. The maximum Gasteiger partial charge on any atom is 0.293 e. The number of halogens is 49. The first-order valence-corrected chi connectivity index (χ1v) is 56.0. The average Bonchev–Trinajstić information content (AvgIpc) is 3.18. The van der Waals surface area contributed by atoms with Crippen LogP contribution in [0.3, 0.4) is 0 Å². The molecule has 0 aliphatic carbocycles. The van der Waals surface area contributed by atoms with E-state index in [2.05, 4.69) is 781 Å². The third kappa shape index (κ3) is 16.5. The van der Waals surface area contributed by atoms with Crippen LogP contribution in [-0.2, 0) is 10.1 Å². The lowest BCUT2D eigenvalue weighted by Gasteiger charge is -2.63. The van der Waals surface area contributed by atoms with Gasteiger partial charge in [-0.2, -0.15) is 8.42 Å². The van der Waals surface area contributed by atoms with Crippen molar-refractivity contribution >= 4 is 791 Å². The van der Waals surface area contributed by atoms with E-state index in [0.29, 0.717) is 0 Å². The van der Waals surface area contributed by atoms with Crippen LogP contribution in [-0.4, -0.2) is 88.8 Å². The molecule has 0 unspecified atom stereocenters. The molecule has 464 valence electrons. The molecule has 3 nitrogen and oxygen atoms in total. The van der Waals surface area contributed by atoms with E-state index >= 15 is 0 Å². The van der Waals surface area contributed by atoms with E-state index in [1.165, 1.54) is 0 Å². The molecule has 1 N–H and O–H groups in total. The first kappa shape index (κ1) is 100. The van der Waals surface area contributed by atoms with E-state index < -0.39 is 86.0 Å². The Labute approximate surface area is 856 Å². The van der Waals surface area contributed by atoms with Crippen molar-refractivity contribution < 1.29 is 13.0 Å². The van der Waals surface area contributed by atoms with Gasteiger partial charge in [-0.15, -0.1) is 0 Å². The SMILES string of the molecule is O=S(=O)(O)C(Br)(Br)C(Br)(Br)C(Br)(Br)C(Br)(Br)C(Br)(Br)C(Br)(Br)C(Br)(Br)C(Br)(Br)C(Br)(Br)C(Br)(Br)C(Br)(Br)C(Br)(Br)C(Br)(Br)C(Br)(Br)C(Br)(Br)C(Br)(Br)C(Br)(Br)C(Br)(Br)C(Br)(Br)C(Br)(Br)C(Br)(Br)C(Br)(Br)C(Br)(Br)C(Br)(Br)Br. The summed E-state index contributed by atoms with van der Waals surface area (Å²) in [5.41, 5.74) is 0. The summed E-state index contributed by atoms with van der Waals surface area (Å²) in [5.74, 6) is 0. The summed E-state index contributed by atoms with van der Waals surface area (Å²) in [5, 5.41) is 0. The zero-order valence-corrected chi connectivity index (χ0v) is 111. The van der Waals surface area contributed by atoms with Crippen LogP contribution in [0.4, 0.5) is 0 Å². The normalized spacial score (nSPS) is 17.6. The van der Waals surface area contributed by atoms with Crippen LogP contribution < -0.4 is 0 Å². The molecule has 0 amide bonds. The van der Waals surface area contributed by atoms with Gasteiger partial charge < -0.3 is 0 Å². The van der Waals surface area contributed by atoms with Gasteiger partial charge in [-0.05, 0) is 31.9 Å². The van der Waals surface area contributed by atoms with Crippen LogP contribution >= 0.6 is 781 Å². The molecule has 0 rings (SSSR count). The van der Waals surface area contributed by atoms with E-state index in [9.17, 15) is 13.0 Å². The van der Waals surface area contributed by atoms with Gasteiger partial charge in [0.1, 0.15) is 71.1 Å². The molecule has 0 heterocycles. The molecule has 0 bridgehead atoms. The minimum absolute atomic E-state index is 0.966. The van der Waals surface area contributed by atoms with Gasteiger partial charge in [-0.25, -0.2) is 0 Å². The van der Waals surface area contributed by atoms with Crippen molar-refractivity contribution in [2.75, 3.05) is 0 Å². The predicted octanol–water partition coefficient (Wildman–Crippen LogP) is 35.9. The molecule has 0 aromatic heterocycles. The summed E-state index contributed by atoms with van der Waals surface area (Å²) in [6.07, 6.45) is 0. The smallest absolute Gasteiger partial charge is 0.284 e. The summed E-state index contributed by atoms with van der Waals surface area (Å²) in [6.45, 7) is 0. The number of alkyl halides is 49. The highest BCUT2D eigenvalue weighted by Crippen LogP contribution is 2.86. The standard InChI is InChI=1S/C24HBr49O3S/c25-1(26,3(29,30)5(33,34)7(37,38)9(41,42)11(45,46)13(49,50)15(53,54)17(57,58)19(61,62)21(65,66)23(69,70)71)2(27,28)4(31,32)6(35,36)8(39,40)10(43,44)12(47,48)14(51,52)16(55,56)18(59,60)20(63,64)22(67,68)24(72,73)77(74,75)76/h(H,74,75,76). The summed E-state index contributed by atoms with van der Waals surface area (Å²) in [4.78, 5) is 0. The van der Waals surface area contributed by atoms with Gasteiger partial charge in [-0.3, -0.25) is 4.55 Å². The van der Waals surface area contributed by atoms with E-state index in [1.54, 1.807) is 0 Å². The third-order valence-corrected chi connectivity index (χ3v) is 119. The molecule has 0 aromatic carbocycles. The maximum atomic E-state index is 12.8. The quantitative estimate of drug-likeness (QED) is 0.0819. The largest absolute Gasteiger partial charge is 0.293 e. The highest BCUT2D eigenvalue weighted by molar-refractivity contribution is 9.44. The lowest BCUT2D eigenvalue weighted by atomic mass is 10.00. The van der Waals surface area contributed by atoms with Gasteiger partial charge in [0, 0.05) is 0 Å². The van der Waals surface area contributed by atoms with E-state index in [0.717, 1.165) is 0 Å². The topological polar surface area (TPSA) is 54.4 Å². The first-order chi connectivity index (χ1) is 32.0. The molecule has 0 saturated heterocycles. The number of hydrogen-bond acceptors (Lipinski definition) is 2. The second kappa shape index (κ2) is 32.0. The number of rotatable bonds is 23. The summed E-state index contributed by atoms with van der Waals surface area (Å²) in [7, 11) is -4.91. The van der Waals surface area contributed by atoms with Crippen LogP contribution in [0.25, 0.3) is 0 Å². The molecule has 77 heavy (non-hydrogen) atoms. The Morgan fingerprint density at radius 1 is 0.156 bits per heavy atom. The Morgan fingerprint density at radius 3 is 0.312 bits per heavy atom. The Kier molecular flexibility index (Phi) is 41.8. The summed E-state index contributed by atoms with van der Waals surface area (Å²) in [6, 6.07) is 0. The van der Waals surface area contributed by atoms with E-state index in [1.807, 2.05) is 0 Å². The van der Waals surface area contributed by atoms with Crippen molar-refractivity contribution in [3.63, 3.8) is 0 Å². The Morgan fingerprint density at radius 2 is 0.234 bits per heavy atom. The predicted molar refractivity (Wildman–Crippen MR) is 515 cm³/mol. The summed E-state index contributed by atoms with van der Waals surface area (Å²) < 4.78 is -0.160. The highest BCUT2D eigenvalue weighted by atomic mass is 80.0. The Bertz CT molecular complexity index is 2290. The fourth-order valence-electron chi connectivity index (χ4n) is 4.47. The van der Waals surface area contributed by atoms with Gasteiger partial charge in [-0.1, -0.05) is 749 Å². The van der Waals surface area contributed by atoms with Crippen molar-refractivity contribution in [1.82, 2.24) is 0 Å². The minimum Gasteiger partial charge on any atom is -0.284 e. The van der Waals surface area contributed by atoms with Crippen LogP contribution in [0.5, 0.6) is 0 Å². The maximum absolute atomic E-state index is 12.8. The second-order valence-electron chi connectivity index (χ2n) is 14.1. The zero-order valence-electron chi connectivity index (χ0n) is 32.2. The Balaban J connectivity index is 8.24. The molecule has 0 atom stereocenters. The third-order valence-electron chi connectivity index (χ3n) is 9.33. The fraction of sp³-hybridized carbons (Fsp3) is 1.00. The summed E-state index contributed by atoms with van der Waals surface area (Å²) >= 11 is 191. The molecule has 0 aliphatic rings. The average molecular weight is 4280 g/mol. The molecule has 0 fully saturated rings. The van der Waals surface area contributed by atoms with Crippen molar-refractivity contribution in [3.05, 3.63) is 0 Å². The molecular weight excluding hydrogens is 4280 g/mol.